The number of rotatable bonds is 5. The van der Waals surface area contributed by atoms with E-state index in [1.54, 1.807) is 13.2 Å². The monoisotopic (exact) mass is 352 g/mol. The molecule has 2 aromatic carbocycles. The van der Waals surface area contributed by atoms with Crippen LogP contribution in [-0.4, -0.2) is 13.0 Å². The maximum atomic E-state index is 13.7. The third-order valence-corrected chi connectivity index (χ3v) is 3.62. The molecule has 1 amide bonds. The number of primary amides is 1. The molecule has 0 fully saturated rings. The fraction of sp³-hybridized carbons (Fsp3) is 0.133. The van der Waals surface area contributed by atoms with Crippen LogP contribution in [-0.2, 0) is 6.54 Å². The number of methoxy groups -OCH3 is 1. The molecule has 110 valence electrons. The van der Waals surface area contributed by atoms with Crippen molar-refractivity contribution in [3.8, 4) is 5.75 Å². The van der Waals surface area contributed by atoms with Gasteiger partial charge in [-0.1, -0.05) is 0 Å². The summed E-state index contributed by atoms with van der Waals surface area (Å²) in [6.45, 7) is 0.234. The van der Waals surface area contributed by atoms with E-state index >= 15 is 0 Å². The summed E-state index contributed by atoms with van der Waals surface area (Å²) >= 11 is 3.36. The van der Waals surface area contributed by atoms with E-state index < -0.39 is 11.7 Å². The van der Waals surface area contributed by atoms with Crippen molar-refractivity contribution in [1.82, 2.24) is 0 Å². The van der Waals surface area contributed by atoms with Gasteiger partial charge in [0.1, 0.15) is 11.6 Å². The predicted molar refractivity (Wildman–Crippen MR) is 82.9 cm³/mol. The van der Waals surface area contributed by atoms with E-state index in [4.69, 9.17) is 10.5 Å². The molecule has 0 saturated heterocycles. The van der Waals surface area contributed by atoms with E-state index in [1.165, 1.54) is 18.2 Å². The van der Waals surface area contributed by atoms with Gasteiger partial charge in [-0.3, -0.25) is 4.79 Å². The Hall–Kier alpha value is -2.08. The van der Waals surface area contributed by atoms with Crippen LogP contribution < -0.4 is 15.8 Å². The average molecular weight is 353 g/mol. The minimum absolute atomic E-state index is 0.234. The number of halogens is 2. The van der Waals surface area contributed by atoms with Crippen LogP contribution in [0.15, 0.2) is 40.9 Å². The van der Waals surface area contributed by atoms with Gasteiger partial charge >= 0.3 is 0 Å². The zero-order valence-corrected chi connectivity index (χ0v) is 12.9. The van der Waals surface area contributed by atoms with Gasteiger partial charge in [-0.05, 0) is 46.3 Å². The van der Waals surface area contributed by atoms with Gasteiger partial charge in [-0.15, -0.1) is 0 Å². The number of carbonyl (C=O) groups is 1. The van der Waals surface area contributed by atoms with Crippen LogP contribution in [0.4, 0.5) is 10.1 Å². The molecule has 0 aliphatic carbocycles. The third-order valence-electron chi connectivity index (χ3n) is 2.96. The van der Waals surface area contributed by atoms with Crippen LogP contribution in [0.5, 0.6) is 5.75 Å². The van der Waals surface area contributed by atoms with Crippen LogP contribution in [0.25, 0.3) is 0 Å². The molecule has 0 spiro atoms. The average Bonchev–Trinajstić information content (AvgIpc) is 2.47. The van der Waals surface area contributed by atoms with Crippen molar-refractivity contribution >= 4 is 27.5 Å². The molecule has 2 aromatic rings. The lowest BCUT2D eigenvalue weighted by molar-refractivity contribution is 0.1000. The summed E-state index contributed by atoms with van der Waals surface area (Å²) in [6, 6.07) is 9.50. The van der Waals surface area contributed by atoms with Crippen LogP contribution >= 0.6 is 15.9 Å². The highest BCUT2D eigenvalue weighted by Crippen LogP contribution is 2.28. The molecule has 2 rings (SSSR count). The Morgan fingerprint density at radius 2 is 2.10 bits per heavy atom. The Morgan fingerprint density at radius 3 is 2.76 bits per heavy atom. The largest absolute Gasteiger partial charge is 0.495 e. The van der Waals surface area contributed by atoms with Gasteiger partial charge in [-0.2, -0.15) is 0 Å². The van der Waals surface area contributed by atoms with Crippen molar-refractivity contribution in [3.05, 3.63) is 57.8 Å². The Bertz CT molecular complexity index is 677. The van der Waals surface area contributed by atoms with Gasteiger partial charge in [0.15, 0.2) is 0 Å². The number of ether oxygens (including phenoxy) is 1. The number of amides is 1. The quantitative estimate of drug-likeness (QED) is 0.867. The van der Waals surface area contributed by atoms with Crippen LogP contribution in [0, 0.1) is 5.82 Å². The summed E-state index contributed by atoms with van der Waals surface area (Å²) in [5.41, 5.74) is 6.62. The third kappa shape index (κ3) is 3.72. The van der Waals surface area contributed by atoms with E-state index in [9.17, 15) is 9.18 Å². The first-order valence-electron chi connectivity index (χ1n) is 6.17. The van der Waals surface area contributed by atoms with Crippen molar-refractivity contribution < 1.29 is 13.9 Å². The van der Waals surface area contributed by atoms with Crippen LogP contribution in [0.1, 0.15) is 15.9 Å². The summed E-state index contributed by atoms with van der Waals surface area (Å²) in [7, 11) is 1.57. The zero-order chi connectivity index (χ0) is 15.4. The standard InChI is InChI=1S/C15H14BrFN2O2/c1-21-14-7-11(3-4-12(14)16)19-8-10-6-9(15(18)20)2-5-13(10)17/h2-7,19H,8H2,1H3,(H2,18,20). The molecule has 0 aromatic heterocycles. The predicted octanol–water partition coefficient (Wildman–Crippen LogP) is 3.31. The smallest absolute Gasteiger partial charge is 0.248 e. The SMILES string of the molecule is COc1cc(NCc2cc(C(N)=O)ccc2F)ccc1Br. The summed E-state index contributed by atoms with van der Waals surface area (Å²) in [4.78, 5) is 11.1. The number of hydrogen-bond acceptors (Lipinski definition) is 3. The molecule has 0 heterocycles. The second-order valence-electron chi connectivity index (χ2n) is 4.37. The normalized spacial score (nSPS) is 10.2. The minimum atomic E-state index is -0.582. The van der Waals surface area contributed by atoms with Gasteiger partial charge in [-0.25, -0.2) is 4.39 Å². The molecule has 4 nitrogen and oxygen atoms in total. The van der Waals surface area contributed by atoms with Crippen molar-refractivity contribution in [1.29, 1.82) is 0 Å². The molecule has 0 atom stereocenters. The highest BCUT2D eigenvalue weighted by Gasteiger charge is 2.08. The summed E-state index contributed by atoms with van der Waals surface area (Å²) in [5, 5.41) is 3.08. The van der Waals surface area contributed by atoms with E-state index in [-0.39, 0.29) is 12.1 Å². The Kier molecular flexibility index (Phi) is 4.80. The topological polar surface area (TPSA) is 64.3 Å². The number of nitrogens with two attached hydrogens (primary N) is 1. The number of anilines is 1. The summed E-state index contributed by atoms with van der Waals surface area (Å²) in [6.07, 6.45) is 0. The molecular weight excluding hydrogens is 339 g/mol. The van der Waals surface area contributed by atoms with Crippen LogP contribution in [0.3, 0.4) is 0 Å². The van der Waals surface area contributed by atoms with Gasteiger partial charge in [0.05, 0.1) is 11.6 Å². The number of hydrogen-bond donors (Lipinski definition) is 2. The Balaban J connectivity index is 2.16. The van der Waals surface area contributed by atoms with E-state index in [0.717, 1.165) is 10.2 Å². The number of nitrogens with one attached hydrogen (secondary N) is 1. The fourth-order valence-corrected chi connectivity index (χ4v) is 2.24. The number of benzene rings is 2. The lowest BCUT2D eigenvalue weighted by Gasteiger charge is -2.10. The summed E-state index contributed by atoms with van der Waals surface area (Å²) < 4.78 is 19.7. The molecule has 0 aliphatic rings. The van der Waals surface area contributed by atoms with Crippen molar-refractivity contribution in [2.75, 3.05) is 12.4 Å². The van der Waals surface area contributed by atoms with Gasteiger partial charge < -0.3 is 15.8 Å². The second-order valence-corrected chi connectivity index (χ2v) is 5.23. The first-order chi connectivity index (χ1) is 10.0. The molecule has 3 N–H and O–H groups in total. The molecule has 0 saturated carbocycles. The first-order valence-corrected chi connectivity index (χ1v) is 6.96. The lowest BCUT2D eigenvalue weighted by atomic mass is 10.1. The summed E-state index contributed by atoms with van der Waals surface area (Å²) in [5.74, 6) is -0.301. The lowest BCUT2D eigenvalue weighted by Crippen LogP contribution is -2.12. The minimum Gasteiger partial charge on any atom is -0.495 e. The van der Waals surface area contributed by atoms with E-state index in [1.807, 2.05) is 12.1 Å². The zero-order valence-electron chi connectivity index (χ0n) is 11.3. The second kappa shape index (κ2) is 6.58. The Morgan fingerprint density at radius 1 is 1.33 bits per heavy atom. The molecule has 21 heavy (non-hydrogen) atoms. The van der Waals surface area contributed by atoms with Gasteiger partial charge in [0, 0.05) is 29.4 Å². The molecular formula is C15H14BrFN2O2. The highest BCUT2D eigenvalue weighted by molar-refractivity contribution is 9.10. The highest BCUT2D eigenvalue weighted by atomic mass is 79.9. The van der Waals surface area contributed by atoms with Gasteiger partial charge in [0.25, 0.3) is 0 Å². The van der Waals surface area contributed by atoms with Crippen molar-refractivity contribution in [2.45, 2.75) is 6.54 Å². The molecule has 0 unspecified atom stereocenters. The molecule has 0 bridgehead atoms. The van der Waals surface area contributed by atoms with Crippen molar-refractivity contribution in [2.24, 2.45) is 5.73 Å². The van der Waals surface area contributed by atoms with Gasteiger partial charge in [0.2, 0.25) is 5.91 Å². The molecule has 0 radical (unpaired) electrons. The van der Waals surface area contributed by atoms with E-state index in [2.05, 4.69) is 21.2 Å². The molecule has 6 heteroatoms. The van der Waals surface area contributed by atoms with E-state index in [0.29, 0.717) is 11.3 Å². The van der Waals surface area contributed by atoms with Crippen LogP contribution in [0.2, 0.25) is 0 Å². The fourth-order valence-electron chi connectivity index (χ4n) is 1.83. The molecule has 0 aliphatic heterocycles. The van der Waals surface area contributed by atoms with Crippen molar-refractivity contribution in [3.63, 3.8) is 0 Å². The maximum Gasteiger partial charge on any atom is 0.248 e. The maximum absolute atomic E-state index is 13.7. The number of carbonyl (C=O) groups excluding carboxylic acids is 1. The first kappa shape index (κ1) is 15.3. The Labute approximate surface area is 130 Å².